The molecule has 62 valence electrons. The van der Waals surface area contributed by atoms with Crippen molar-refractivity contribution in [3.8, 4) is 5.88 Å². The lowest BCUT2D eigenvalue weighted by atomic mass is 10.5. The van der Waals surface area contributed by atoms with Crippen molar-refractivity contribution in [3.05, 3.63) is 11.8 Å². The first kappa shape index (κ1) is 7.97. The molecule has 0 fully saturated rings. The highest BCUT2D eigenvalue weighted by Gasteiger charge is 2.08. The van der Waals surface area contributed by atoms with Gasteiger partial charge >= 0.3 is 6.61 Å². The van der Waals surface area contributed by atoms with E-state index < -0.39 is 6.61 Å². The van der Waals surface area contributed by atoms with Crippen molar-refractivity contribution in [2.75, 3.05) is 0 Å². The first-order valence-electron chi connectivity index (χ1n) is 3.05. The molecule has 0 N–H and O–H groups in total. The standard InChI is InChI=1S/C6H8F2N2O/c1-4-3-5(10(2)9-4)11-6(7)8/h3,6H,1-2H3. The molecule has 0 aliphatic heterocycles. The summed E-state index contributed by atoms with van der Waals surface area (Å²) < 4.78 is 28.7. The van der Waals surface area contributed by atoms with E-state index >= 15 is 0 Å². The second kappa shape index (κ2) is 2.86. The number of ether oxygens (including phenoxy) is 1. The van der Waals surface area contributed by atoms with Crippen LogP contribution in [0.25, 0.3) is 0 Å². The quantitative estimate of drug-likeness (QED) is 0.655. The van der Waals surface area contributed by atoms with Crippen molar-refractivity contribution in [2.24, 2.45) is 7.05 Å². The number of rotatable bonds is 2. The minimum atomic E-state index is -2.79. The number of hydrogen-bond donors (Lipinski definition) is 0. The molecule has 0 radical (unpaired) electrons. The lowest BCUT2D eigenvalue weighted by Gasteiger charge is -2.01. The summed E-state index contributed by atoms with van der Waals surface area (Å²) in [6.07, 6.45) is 0. The summed E-state index contributed by atoms with van der Waals surface area (Å²) in [5.74, 6) is 0.0810. The van der Waals surface area contributed by atoms with Gasteiger partial charge in [-0.1, -0.05) is 0 Å². The number of aromatic nitrogens is 2. The van der Waals surface area contributed by atoms with E-state index in [-0.39, 0.29) is 5.88 Å². The van der Waals surface area contributed by atoms with Crippen LogP contribution in [0.15, 0.2) is 6.07 Å². The van der Waals surface area contributed by atoms with E-state index in [0.29, 0.717) is 5.69 Å². The number of nitrogens with zero attached hydrogens (tertiary/aromatic N) is 2. The van der Waals surface area contributed by atoms with Crippen LogP contribution in [0, 0.1) is 6.92 Å². The van der Waals surface area contributed by atoms with Gasteiger partial charge in [0.25, 0.3) is 0 Å². The molecule has 0 saturated heterocycles. The minimum absolute atomic E-state index is 0.0810. The topological polar surface area (TPSA) is 27.1 Å². The van der Waals surface area contributed by atoms with Gasteiger partial charge in [-0.2, -0.15) is 13.9 Å². The summed E-state index contributed by atoms with van der Waals surface area (Å²) in [7, 11) is 1.55. The molecule has 1 rings (SSSR count). The first-order valence-corrected chi connectivity index (χ1v) is 3.05. The highest BCUT2D eigenvalue weighted by molar-refractivity contribution is 5.14. The van der Waals surface area contributed by atoms with Crippen LogP contribution in [0.2, 0.25) is 0 Å². The van der Waals surface area contributed by atoms with Crippen LogP contribution >= 0.6 is 0 Å². The van der Waals surface area contributed by atoms with Gasteiger partial charge in [0.1, 0.15) is 0 Å². The predicted molar refractivity (Wildman–Crippen MR) is 34.6 cm³/mol. The first-order chi connectivity index (χ1) is 5.09. The summed E-state index contributed by atoms with van der Waals surface area (Å²) in [6, 6.07) is 1.45. The van der Waals surface area contributed by atoms with E-state index in [1.54, 1.807) is 14.0 Å². The summed E-state index contributed by atoms with van der Waals surface area (Å²) in [5.41, 5.74) is 0.656. The zero-order valence-corrected chi connectivity index (χ0v) is 6.21. The van der Waals surface area contributed by atoms with Crippen molar-refractivity contribution in [1.29, 1.82) is 0 Å². The Kier molecular flexibility index (Phi) is 2.07. The van der Waals surface area contributed by atoms with Gasteiger partial charge in [-0.3, -0.25) is 0 Å². The molecular weight excluding hydrogens is 154 g/mol. The lowest BCUT2D eigenvalue weighted by molar-refractivity contribution is -0.0553. The van der Waals surface area contributed by atoms with Gasteiger partial charge in [0.15, 0.2) is 0 Å². The largest absolute Gasteiger partial charge is 0.417 e. The molecule has 5 heteroatoms. The van der Waals surface area contributed by atoms with Crippen LogP contribution in [0.5, 0.6) is 5.88 Å². The fourth-order valence-corrected chi connectivity index (χ4v) is 0.788. The van der Waals surface area contributed by atoms with Gasteiger partial charge in [-0.25, -0.2) is 4.68 Å². The van der Waals surface area contributed by atoms with E-state index in [1.807, 2.05) is 0 Å². The van der Waals surface area contributed by atoms with Gasteiger partial charge in [0, 0.05) is 13.1 Å². The average molecular weight is 162 g/mol. The Morgan fingerprint density at radius 1 is 1.64 bits per heavy atom. The Morgan fingerprint density at radius 2 is 2.27 bits per heavy atom. The van der Waals surface area contributed by atoms with Crippen LogP contribution in [-0.2, 0) is 7.05 Å². The zero-order valence-electron chi connectivity index (χ0n) is 6.21. The zero-order chi connectivity index (χ0) is 8.43. The Hall–Kier alpha value is -1.13. The second-order valence-corrected chi connectivity index (χ2v) is 2.13. The number of aryl methyl sites for hydroxylation is 2. The fraction of sp³-hybridized carbons (Fsp3) is 0.500. The van der Waals surface area contributed by atoms with Crippen molar-refractivity contribution >= 4 is 0 Å². The fourth-order valence-electron chi connectivity index (χ4n) is 0.788. The van der Waals surface area contributed by atoms with Crippen molar-refractivity contribution in [2.45, 2.75) is 13.5 Å². The van der Waals surface area contributed by atoms with Gasteiger partial charge in [-0.15, -0.1) is 0 Å². The van der Waals surface area contributed by atoms with Crippen LogP contribution in [0.3, 0.4) is 0 Å². The van der Waals surface area contributed by atoms with Crippen LogP contribution in [0.1, 0.15) is 5.69 Å². The van der Waals surface area contributed by atoms with Crippen molar-refractivity contribution < 1.29 is 13.5 Å². The van der Waals surface area contributed by atoms with E-state index in [0.717, 1.165) is 0 Å². The molecule has 0 atom stereocenters. The second-order valence-electron chi connectivity index (χ2n) is 2.13. The van der Waals surface area contributed by atoms with Gasteiger partial charge in [0.05, 0.1) is 5.69 Å². The molecule has 0 saturated carbocycles. The summed E-state index contributed by atoms with van der Waals surface area (Å²) in [4.78, 5) is 0. The molecule has 0 unspecified atom stereocenters. The summed E-state index contributed by atoms with van der Waals surface area (Å²) in [6.45, 7) is -1.08. The maximum Gasteiger partial charge on any atom is 0.388 e. The summed E-state index contributed by atoms with van der Waals surface area (Å²) >= 11 is 0. The molecule has 0 aromatic carbocycles. The third kappa shape index (κ3) is 1.89. The third-order valence-corrected chi connectivity index (χ3v) is 1.17. The van der Waals surface area contributed by atoms with E-state index in [2.05, 4.69) is 9.84 Å². The molecule has 1 heterocycles. The monoisotopic (exact) mass is 162 g/mol. The Labute approximate surface area is 62.6 Å². The average Bonchev–Trinajstić information content (AvgIpc) is 2.09. The molecule has 0 aliphatic rings. The molecule has 11 heavy (non-hydrogen) atoms. The predicted octanol–water partition coefficient (Wildman–Crippen LogP) is 1.33. The van der Waals surface area contributed by atoms with Gasteiger partial charge in [0.2, 0.25) is 5.88 Å². The molecule has 3 nitrogen and oxygen atoms in total. The maximum atomic E-state index is 11.6. The van der Waals surface area contributed by atoms with Crippen LogP contribution in [0.4, 0.5) is 8.78 Å². The Bertz CT molecular complexity index is 247. The van der Waals surface area contributed by atoms with Crippen LogP contribution in [-0.4, -0.2) is 16.4 Å². The van der Waals surface area contributed by atoms with Gasteiger partial charge < -0.3 is 4.74 Å². The Balaban J connectivity index is 2.77. The van der Waals surface area contributed by atoms with E-state index in [1.165, 1.54) is 10.7 Å². The minimum Gasteiger partial charge on any atom is -0.417 e. The molecule has 0 bridgehead atoms. The summed E-state index contributed by atoms with van der Waals surface area (Å²) in [5, 5.41) is 3.82. The van der Waals surface area contributed by atoms with Crippen molar-refractivity contribution in [1.82, 2.24) is 9.78 Å². The number of hydrogen-bond acceptors (Lipinski definition) is 2. The van der Waals surface area contributed by atoms with E-state index in [4.69, 9.17) is 0 Å². The van der Waals surface area contributed by atoms with E-state index in [9.17, 15) is 8.78 Å². The molecular formula is C6H8F2N2O. The Morgan fingerprint density at radius 3 is 2.64 bits per heavy atom. The maximum absolute atomic E-state index is 11.6. The molecule has 1 aromatic heterocycles. The van der Waals surface area contributed by atoms with Gasteiger partial charge in [-0.05, 0) is 6.92 Å². The molecule has 0 amide bonds. The molecule has 0 aliphatic carbocycles. The van der Waals surface area contributed by atoms with Crippen molar-refractivity contribution in [3.63, 3.8) is 0 Å². The normalized spacial score (nSPS) is 10.6. The molecule has 1 aromatic rings. The SMILES string of the molecule is Cc1cc(OC(F)F)n(C)n1. The number of alkyl halides is 2. The van der Waals surface area contributed by atoms with Crippen LogP contribution < -0.4 is 4.74 Å². The smallest absolute Gasteiger partial charge is 0.388 e. The highest BCUT2D eigenvalue weighted by atomic mass is 19.3. The lowest BCUT2D eigenvalue weighted by Crippen LogP contribution is -2.05. The number of halogens is 2. The third-order valence-electron chi connectivity index (χ3n) is 1.17. The highest BCUT2D eigenvalue weighted by Crippen LogP contribution is 2.13. The molecule has 0 spiro atoms.